The van der Waals surface area contributed by atoms with E-state index in [1.54, 1.807) is 16.7 Å². The maximum absolute atomic E-state index is 15.5. The van der Waals surface area contributed by atoms with E-state index in [0.717, 1.165) is 114 Å². The minimum absolute atomic E-state index is 0.00797. The van der Waals surface area contributed by atoms with Gasteiger partial charge in [-0.15, -0.1) is 0 Å². The first-order valence-corrected chi connectivity index (χ1v) is 37.9. The number of carboxylic acid groups (broad SMARTS) is 1. The SMILES string of the molecule is CC(C)CC1=CCC2(C)C(O)CCC34C5=C6CC1(C=C1C(=c7ccccc7=CC13)Cc1cccc(c1)C1=CC=C(NCCCC(C3CCCCC3)C(=CO)CCC(C(=O)O)C37C=CC8C9%10CCC8%11C(C=CC9CC(Cc8ccccc8)C%10)CC(C5)C3(C)C6%11CC7O)NC1)C24. The zero-order chi connectivity index (χ0) is 63.9. The average molecular weight is 1260 g/mol. The van der Waals surface area contributed by atoms with Crippen LogP contribution in [0.3, 0.4) is 0 Å². The molecule has 19 atom stereocenters. The number of aliphatic carboxylic acids is 1. The van der Waals surface area contributed by atoms with E-state index < -0.39 is 45.8 Å². The number of hydrogen-bond acceptors (Lipinski definition) is 6. The summed E-state index contributed by atoms with van der Waals surface area (Å²) in [6, 6.07) is 30.1. The molecule has 0 amide bonds. The molecule has 492 valence electrons. The summed E-state index contributed by atoms with van der Waals surface area (Å²) in [6.07, 6.45) is 45.8. The van der Waals surface area contributed by atoms with Crippen LogP contribution in [-0.2, 0) is 17.6 Å². The number of allylic oxidation sites excluding steroid dienone is 12. The van der Waals surface area contributed by atoms with E-state index in [9.17, 15) is 20.4 Å². The van der Waals surface area contributed by atoms with Gasteiger partial charge in [0.25, 0.3) is 0 Å². The van der Waals surface area contributed by atoms with Crippen molar-refractivity contribution in [3.63, 3.8) is 0 Å². The normalized spacial score (nSPS) is 44.0. The van der Waals surface area contributed by atoms with E-state index in [4.69, 9.17) is 0 Å². The van der Waals surface area contributed by atoms with Crippen LogP contribution in [-0.4, -0.2) is 51.7 Å². The Balaban J connectivity index is 0.905. The molecule has 94 heavy (non-hydrogen) atoms. The lowest BCUT2D eigenvalue weighted by Gasteiger charge is -2.78. The van der Waals surface area contributed by atoms with Gasteiger partial charge in [0.05, 0.1) is 30.2 Å². The molecule has 3 aromatic rings. The van der Waals surface area contributed by atoms with Gasteiger partial charge in [0.2, 0.25) is 0 Å². The molecule has 22 rings (SSSR count). The van der Waals surface area contributed by atoms with Crippen LogP contribution in [0.1, 0.15) is 179 Å². The predicted molar refractivity (Wildman–Crippen MR) is 375 cm³/mol. The summed E-state index contributed by atoms with van der Waals surface area (Å²) in [5, 5.41) is 62.5. The number of carboxylic acids is 1. The number of aliphatic hydroxyl groups excluding tert-OH is 3. The molecule has 0 aromatic heterocycles. The van der Waals surface area contributed by atoms with Gasteiger partial charge in [-0.05, 0) is 253 Å². The summed E-state index contributed by atoms with van der Waals surface area (Å²) in [4.78, 5) is 15.5. The first-order chi connectivity index (χ1) is 45.6. The highest BCUT2D eigenvalue weighted by molar-refractivity contribution is 5.79. The molecular formula is C87H104N2O5. The largest absolute Gasteiger partial charge is 0.516 e. The Bertz CT molecular complexity index is 4040. The van der Waals surface area contributed by atoms with Gasteiger partial charge < -0.3 is 31.1 Å². The first kappa shape index (κ1) is 60.5. The van der Waals surface area contributed by atoms with E-state index >= 15 is 4.79 Å². The number of fused-ring (bicyclic) bond motifs is 1. The summed E-state index contributed by atoms with van der Waals surface area (Å²) in [5.74, 6) is 2.17. The van der Waals surface area contributed by atoms with Crippen molar-refractivity contribution in [2.75, 3.05) is 13.1 Å². The van der Waals surface area contributed by atoms with Gasteiger partial charge >= 0.3 is 5.97 Å². The van der Waals surface area contributed by atoms with Crippen molar-refractivity contribution in [1.82, 2.24) is 10.6 Å². The molecule has 3 aromatic carbocycles. The molecule has 4 spiro atoms. The van der Waals surface area contributed by atoms with Crippen LogP contribution in [0.5, 0.6) is 0 Å². The van der Waals surface area contributed by atoms with Crippen LogP contribution in [0.2, 0.25) is 0 Å². The van der Waals surface area contributed by atoms with Crippen molar-refractivity contribution < 1.29 is 25.2 Å². The fourth-order valence-electron chi connectivity index (χ4n) is 28.3. The first-order valence-electron chi connectivity index (χ1n) is 37.9. The van der Waals surface area contributed by atoms with Gasteiger partial charge in [0.1, 0.15) is 0 Å². The third kappa shape index (κ3) is 7.84. The number of aliphatic hydroxyl groups is 3. The maximum Gasteiger partial charge on any atom is 0.307 e. The van der Waals surface area contributed by atoms with E-state index in [0.29, 0.717) is 48.9 Å². The molecule has 0 radical (unpaired) electrons. The van der Waals surface area contributed by atoms with E-state index in [2.05, 4.69) is 172 Å². The van der Waals surface area contributed by atoms with Crippen molar-refractivity contribution in [2.45, 2.75) is 188 Å². The Hall–Kier alpha value is -5.89. The second-order valence-corrected chi connectivity index (χ2v) is 34.9. The fraction of sp³-hybridized carbons (Fsp3) is 0.575. The Morgan fingerprint density at radius 3 is 2.45 bits per heavy atom. The second-order valence-electron chi connectivity index (χ2n) is 34.9. The molecule has 17 bridgehead atoms. The minimum Gasteiger partial charge on any atom is -0.516 e. The molecule has 13 aliphatic carbocycles. The molecule has 19 unspecified atom stereocenters. The third-order valence-electron chi connectivity index (χ3n) is 31.3. The summed E-state index contributed by atoms with van der Waals surface area (Å²) < 4.78 is 0. The van der Waals surface area contributed by atoms with Gasteiger partial charge in [0.15, 0.2) is 0 Å². The summed E-state index contributed by atoms with van der Waals surface area (Å²) in [5.41, 5.74) is 10.5. The summed E-state index contributed by atoms with van der Waals surface area (Å²) >= 11 is 0. The molecule has 6 aliphatic heterocycles. The van der Waals surface area contributed by atoms with Crippen LogP contribution < -0.4 is 21.1 Å². The molecule has 0 saturated heterocycles. The number of dihydropyridines is 1. The van der Waals surface area contributed by atoms with Gasteiger partial charge in [0, 0.05) is 46.1 Å². The summed E-state index contributed by atoms with van der Waals surface area (Å²) in [6.45, 7) is 11.6. The zero-order valence-corrected chi connectivity index (χ0v) is 56.7. The van der Waals surface area contributed by atoms with Crippen LogP contribution >= 0.6 is 0 Å². The van der Waals surface area contributed by atoms with Crippen molar-refractivity contribution in [3.8, 4) is 0 Å². The maximum atomic E-state index is 15.5. The second kappa shape index (κ2) is 21.6. The quantitative estimate of drug-likeness (QED) is 0.107. The standard InChI is InChI=1S/C87H104N2O5/c1-53(2)39-63-30-33-80(3)75(91)32-34-84-71-44-59-20-11-12-22-67(59)68-43-55-17-13-21-58(41-55)60-25-29-77(89-51-60)88-38-14-23-66(57-18-9-6-10-19-57)61(52-90)24-28-70(78(93)94)86-35-31-74-82-36-37-85(74)64(27-26-62(82)42-56(47-82)40-54-15-7-5-8-16-54)45-65-46-72(84)73(49-83(63,79(80)84)48-69(68)71)87(85,50-76(86)92)81(65,86)4/h5,7-8,11-13,15-17,20-22,25-27,29-31,35,41,44,48,52-53,56-57,62,64-66,70-71,74-76,79,88-92H,6,9-10,14,18-19,23-24,28,32-34,36-40,42-43,45-47,49-51H2,1-4H3,(H,93,94). The predicted octanol–water partition coefficient (Wildman–Crippen LogP) is 16.2. The number of rotatable bonds is 6. The van der Waals surface area contributed by atoms with Crippen LogP contribution in [0, 0.1) is 108 Å². The van der Waals surface area contributed by atoms with E-state index in [1.807, 2.05) is 0 Å². The molecule has 7 nitrogen and oxygen atoms in total. The van der Waals surface area contributed by atoms with Gasteiger partial charge in [-0.2, -0.15) is 0 Å². The van der Waals surface area contributed by atoms with Crippen LogP contribution in [0.4, 0.5) is 0 Å². The lowest BCUT2D eigenvalue weighted by molar-refractivity contribution is -0.219. The fourth-order valence-corrected chi connectivity index (χ4v) is 28.3. The molecule has 6 heterocycles. The Labute approximate surface area is 559 Å². The topological polar surface area (TPSA) is 122 Å². The molecule has 6 saturated carbocycles. The van der Waals surface area contributed by atoms with Crippen molar-refractivity contribution in [2.24, 2.45) is 108 Å². The molecular weight excluding hydrogens is 1150 g/mol. The lowest BCUT2D eigenvalue weighted by Crippen LogP contribution is -2.73. The Kier molecular flexibility index (Phi) is 13.9. The van der Waals surface area contributed by atoms with Crippen LogP contribution in [0.15, 0.2) is 167 Å². The number of benzene rings is 3. The summed E-state index contributed by atoms with van der Waals surface area (Å²) in [7, 11) is 0. The average Bonchev–Trinajstić information content (AvgIpc) is 1.33. The Morgan fingerprint density at radius 1 is 0.809 bits per heavy atom. The van der Waals surface area contributed by atoms with Crippen molar-refractivity contribution >= 4 is 23.2 Å². The molecule has 7 heteroatoms. The number of carbonyl (C=O) groups is 1. The van der Waals surface area contributed by atoms with Gasteiger partial charge in [-0.1, -0.05) is 191 Å². The molecule has 19 aliphatic rings. The van der Waals surface area contributed by atoms with E-state index in [-0.39, 0.29) is 51.2 Å². The monoisotopic (exact) mass is 1260 g/mol. The highest BCUT2D eigenvalue weighted by atomic mass is 16.4. The zero-order valence-electron chi connectivity index (χ0n) is 56.7. The van der Waals surface area contributed by atoms with Crippen LogP contribution in [0.25, 0.3) is 17.2 Å². The highest BCUT2D eigenvalue weighted by Gasteiger charge is 2.89. The van der Waals surface area contributed by atoms with Gasteiger partial charge in [-0.25, -0.2) is 0 Å². The number of hydrogen-bond donors (Lipinski definition) is 6. The molecule has 6 N–H and O–H groups in total. The smallest absolute Gasteiger partial charge is 0.307 e. The number of nitrogens with one attached hydrogen (secondary N) is 2. The van der Waals surface area contributed by atoms with Crippen molar-refractivity contribution in [1.29, 1.82) is 0 Å². The van der Waals surface area contributed by atoms with Gasteiger partial charge in [-0.3, -0.25) is 4.79 Å². The Morgan fingerprint density at radius 2 is 1.64 bits per heavy atom. The molecule has 6 fully saturated rings. The van der Waals surface area contributed by atoms with E-state index in [1.165, 1.54) is 88.6 Å². The van der Waals surface area contributed by atoms with Crippen molar-refractivity contribution in [3.05, 3.63) is 195 Å². The minimum atomic E-state index is -1.08. The third-order valence-corrected chi connectivity index (χ3v) is 31.3. The highest BCUT2D eigenvalue weighted by Crippen LogP contribution is 2.93. The lowest BCUT2D eigenvalue weighted by atomic mass is 9.25.